The maximum Gasteiger partial charge on any atom is 0.265 e. The lowest BCUT2D eigenvalue weighted by Crippen LogP contribution is -2.24. The summed E-state index contributed by atoms with van der Waals surface area (Å²) in [4.78, 5) is 33.6. The molecule has 3 heterocycles. The molecule has 0 spiro atoms. The van der Waals surface area contributed by atoms with E-state index in [0.717, 1.165) is 11.0 Å². The molecule has 146 valence electrons. The molecule has 4 aromatic rings. The second-order valence-electron chi connectivity index (χ2n) is 6.27. The number of nitrogens with one attached hydrogen (secondary N) is 2. The normalized spacial score (nSPS) is 10.8. The van der Waals surface area contributed by atoms with Crippen molar-refractivity contribution < 1.29 is 9.59 Å². The summed E-state index contributed by atoms with van der Waals surface area (Å²) in [6.45, 7) is 0.253. The number of pyridine rings is 1. The van der Waals surface area contributed by atoms with Crippen molar-refractivity contribution in [3.8, 4) is 0 Å². The van der Waals surface area contributed by atoms with E-state index < -0.39 is 0 Å². The van der Waals surface area contributed by atoms with Crippen molar-refractivity contribution >= 4 is 51.5 Å². The van der Waals surface area contributed by atoms with E-state index >= 15 is 0 Å². The minimum Gasteiger partial charge on any atom is -0.345 e. The largest absolute Gasteiger partial charge is 0.345 e. The zero-order valence-electron chi connectivity index (χ0n) is 15.3. The van der Waals surface area contributed by atoms with Crippen LogP contribution in [0.4, 0.5) is 5.69 Å². The molecule has 0 aliphatic carbocycles. The first-order valence-electron chi connectivity index (χ1n) is 8.71. The lowest BCUT2D eigenvalue weighted by atomic mass is 10.2. The Kier molecular flexibility index (Phi) is 5.28. The van der Waals surface area contributed by atoms with Gasteiger partial charge in [0.1, 0.15) is 11.0 Å². The Labute approximate surface area is 175 Å². The number of fused-ring (bicyclic) bond motifs is 1. The predicted octanol–water partition coefficient (Wildman–Crippen LogP) is 3.87. The zero-order valence-corrected chi connectivity index (χ0v) is 16.9. The summed E-state index contributed by atoms with van der Waals surface area (Å²) in [6.07, 6.45) is 1.43. The quantitative estimate of drug-likeness (QED) is 0.475. The molecule has 0 saturated carbocycles. The number of halogens is 1. The van der Waals surface area contributed by atoms with Crippen LogP contribution in [-0.2, 0) is 13.6 Å². The highest BCUT2D eigenvalue weighted by Crippen LogP contribution is 2.21. The van der Waals surface area contributed by atoms with Crippen LogP contribution in [0.3, 0.4) is 0 Å². The molecule has 3 aromatic heterocycles. The maximum absolute atomic E-state index is 12.3. The van der Waals surface area contributed by atoms with Gasteiger partial charge < -0.3 is 15.2 Å². The molecule has 0 aliphatic rings. The average Bonchev–Trinajstić information content (AvgIpc) is 3.35. The minimum absolute atomic E-state index is 0.153. The molecule has 9 heteroatoms. The van der Waals surface area contributed by atoms with Crippen LogP contribution in [0.25, 0.3) is 11.0 Å². The van der Waals surface area contributed by atoms with Crippen LogP contribution >= 0.6 is 22.9 Å². The summed E-state index contributed by atoms with van der Waals surface area (Å²) in [6, 6.07) is 12.3. The van der Waals surface area contributed by atoms with Gasteiger partial charge in [-0.15, -0.1) is 11.3 Å². The van der Waals surface area contributed by atoms with Crippen molar-refractivity contribution in [2.24, 2.45) is 7.05 Å². The first-order valence-corrected chi connectivity index (χ1v) is 9.97. The highest BCUT2D eigenvalue weighted by molar-refractivity contribution is 7.12. The number of amides is 2. The molecule has 0 bridgehead atoms. The van der Waals surface area contributed by atoms with Crippen LogP contribution < -0.4 is 10.6 Å². The van der Waals surface area contributed by atoms with Gasteiger partial charge in [0.25, 0.3) is 11.8 Å². The van der Waals surface area contributed by atoms with E-state index in [1.807, 2.05) is 41.3 Å². The second-order valence-corrected chi connectivity index (χ2v) is 7.61. The lowest BCUT2D eigenvalue weighted by Gasteiger charge is -2.06. The molecule has 2 amide bonds. The molecular weight excluding hydrogens is 410 g/mol. The molecule has 2 N–H and O–H groups in total. The smallest absolute Gasteiger partial charge is 0.265 e. The second kappa shape index (κ2) is 8.02. The number of rotatable bonds is 5. The number of thiophene rings is 1. The Hall–Kier alpha value is -3.23. The van der Waals surface area contributed by atoms with Crippen molar-refractivity contribution in [2.45, 2.75) is 6.54 Å². The van der Waals surface area contributed by atoms with Crippen LogP contribution in [-0.4, -0.2) is 26.3 Å². The lowest BCUT2D eigenvalue weighted by molar-refractivity contribution is 0.0948. The van der Waals surface area contributed by atoms with E-state index in [2.05, 4.69) is 20.6 Å². The number of nitrogens with zero attached hydrogens (tertiary/aromatic N) is 3. The monoisotopic (exact) mass is 425 g/mol. The zero-order chi connectivity index (χ0) is 20.4. The molecule has 1 aromatic carbocycles. The number of hydrogen-bond acceptors (Lipinski definition) is 5. The van der Waals surface area contributed by atoms with Crippen LogP contribution in [0.5, 0.6) is 0 Å². The number of hydrogen-bond donors (Lipinski definition) is 2. The van der Waals surface area contributed by atoms with Crippen LogP contribution in [0, 0.1) is 0 Å². The average molecular weight is 426 g/mol. The number of carbonyl (C=O) groups is 2. The topological polar surface area (TPSA) is 88.9 Å². The van der Waals surface area contributed by atoms with Crippen molar-refractivity contribution in [1.29, 1.82) is 0 Å². The highest BCUT2D eigenvalue weighted by Gasteiger charge is 2.13. The molecular formula is C20H16ClN5O2S. The third-order valence-corrected chi connectivity index (χ3v) is 5.47. The van der Waals surface area contributed by atoms with E-state index in [0.29, 0.717) is 27.1 Å². The maximum atomic E-state index is 12.3. The fourth-order valence-corrected chi connectivity index (χ4v) is 3.59. The Morgan fingerprint density at radius 1 is 1.17 bits per heavy atom. The van der Waals surface area contributed by atoms with Gasteiger partial charge in [0, 0.05) is 18.9 Å². The molecule has 0 radical (unpaired) electrons. The molecule has 29 heavy (non-hydrogen) atoms. The summed E-state index contributed by atoms with van der Waals surface area (Å²) < 4.78 is 1.90. The van der Waals surface area contributed by atoms with Gasteiger partial charge in [0.15, 0.2) is 0 Å². The van der Waals surface area contributed by atoms with Gasteiger partial charge in [-0.3, -0.25) is 9.59 Å². The van der Waals surface area contributed by atoms with Crippen LogP contribution in [0.15, 0.2) is 54.0 Å². The Bertz CT molecular complexity index is 1190. The SMILES string of the molecule is Cn1c(CNC(=O)c2ccc(Cl)nc2)nc2cc(NC(=O)c3cccs3)ccc21. The van der Waals surface area contributed by atoms with Crippen molar-refractivity contribution in [1.82, 2.24) is 19.9 Å². The predicted molar refractivity (Wildman–Crippen MR) is 113 cm³/mol. The third kappa shape index (κ3) is 4.13. The van der Waals surface area contributed by atoms with Crippen molar-refractivity contribution in [3.05, 3.63) is 75.5 Å². The molecule has 0 atom stereocenters. The van der Waals surface area contributed by atoms with E-state index in [-0.39, 0.29) is 18.4 Å². The van der Waals surface area contributed by atoms with Crippen LogP contribution in [0.1, 0.15) is 25.9 Å². The van der Waals surface area contributed by atoms with Gasteiger partial charge in [0.05, 0.1) is 28.0 Å². The van der Waals surface area contributed by atoms with Gasteiger partial charge in [-0.25, -0.2) is 9.97 Å². The number of anilines is 1. The van der Waals surface area contributed by atoms with Gasteiger partial charge in [-0.05, 0) is 41.8 Å². The summed E-state index contributed by atoms with van der Waals surface area (Å²) in [7, 11) is 1.88. The first-order chi connectivity index (χ1) is 14.0. The van der Waals surface area contributed by atoms with Crippen molar-refractivity contribution in [3.63, 3.8) is 0 Å². The van der Waals surface area contributed by atoms with Crippen LogP contribution in [0.2, 0.25) is 5.15 Å². The van der Waals surface area contributed by atoms with Gasteiger partial charge in [-0.2, -0.15) is 0 Å². The standard InChI is InChI=1S/C20H16ClN5O2S/c1-26-15-6-5-13(24-20(28)16-3-2-8-29-16)9-14(15)25-18(26)11-23-19(27)12-4-7-17(21)22-10-12/h2-10H,11H2,1H3,(H,23,27)(H,24,28). The van der Waals surface area contributed by atoms with E-state index in [4.69, 9.17) is 11.6 Å². The fraction of sp³-hybridized carbons (Fsp3) is 0.100. The Morgan fingerprint density at radius 3 is 2.76 bits per heavy atom. The van der Waals surface area contributed by atoms with E-state index in [9.17, 15) is 9.59 Å². The number of carbonyl (C=O) groups excluding carboxylic acids is 2. The fourth-order valence-electron chi connectivity index (χ4n) is 2.86. The van der Waals surface area contributed by atoms with E-state index in [1.165, 1.54) is 17.5 Å². The Balaban J connectivity index is 1.49. The molecule has 7 nitrogen and oxygen atoms in total. The van der Waals surface area contributed by atoms with Gasteiger partial charge in [-0.1, -0.05) is 17.7 Å². The third-order valence-electron chi connectivity index (χ3n) is 4.37. The minimum atomic E-state index is -0.259. The molecule has 0 fully saturated rings. The summed E-state index contributed by atoms with van der Waals surface area (Å²) in [5, 5.41) is 7.90. The van der Waals surface area contributed by atoms with Gasteiger partial charge in [0.2, 0.25) is 0 Å². The number of imidazole rings is 1. The highest BCUT2D eigenvalue weighted by atomic mass is 35.5. The molecule has 0 unspecified atom stereocenters. The first kappa shape index (κ1) is 19.1. The summed E-state index contributed by atoms with van der Waals surface area (Å²) >= 11 is 7.13. The van der Waals surface area contributed by atoms with Gasteiger partial charge >= 0.3 is 0 Å². The Morgan fingerprint density at radius 2 is 2.03 bits per heavy atom. The number of aromatic nitrogens is 3. The molecule has 0 saturated heterocycles. The van der Waals surface area contributed by atoms with Crippen molar-refractivity contribution in [2.75, 3.05) is 5.32 Å². The molecule has 4 rings (SSSR count). The number of aryl methyl sites for hydroxylation is 1. The number of benzene rings is 1. The molecule has 0 aliphatic heterocycles. The van der Waals surface area contributed by atoms with E-state index in [1.54, 1.807) is 18.2 Å². The summed E-state index contributed by atoms with van der Waals surface area (Å²) in [5.41, 5.74) is 2.72. The summed E-state index contributed by atoms with van der Waals surface area (Å²) in [5.74, 6) is 0.279.